The van der Waals surface area contributed by atoms with Crippen LogP contribution >= 0.6 is 15.9 Å². The van der Waals surface area contributed by atoms with Crippen LogP contribution in [0.15, 0.2) is 27.6 Å². The lowest BCUT2D eigenvalue weighted by Crippen LogP contribution is -2.29. The first kappa shape index (κ1) is 17.9. The molecule has 5 nitrogen and oxygen atoms in total. The Labute approximate surface area is 127 Å². The molecule has 1 rings (SSSR count). The van der Waals surface area contributed by atoms with Gasteiger partial charge in [0.1, 0.15) is 0 Å². The molecule has 1 aromatic rings. The molecule has 118 valence electrons. The van der Waals surface area contributed by atoms with Gasteiger partial charge in [-0.05, 0) is 18.2 Å². The van der Waals surface area contributed by atoms with E-state index >= 15 is 0 Å². The van der Waals surface area contributed by atoms with Gasteiger partial charge in [-0.25, -0.2) is 12.7 Å². The second kappa shape index (κ2) is 6.32. The smallest absolute Gasteiger partial charge is 0.417 e. The summed E-state index contributed by atoms with van der Waals surface area (Å²) in [6.07, 6.45) is -5.15. The van der Waals surface area contributed by atoms with Crippen molar-refractivity contribution in [2.45, 2.75) is 17.5 Å². The molecule has 0 spiro atoms. The van der Waals surface area contributed by atoms with Gasteiger partial charge in [0.05, 0.1) is 16.9 Å². The van der Waals surface area contributed by atoms with Crippen LogP contribution in [-0.4, -0.2) is 37.4 Å². The number of aliphatic carboxylic acids is 1. The maximum atomic E-state index is 12.8. The molecule has 0 aliphatic rings. The fourth-order valence-corrected chi connectivity index (χ4v) is 3.11. The Bertz CT molecular complexity index is 645. The van der Waals surface area contributed by atoms with Crippen LogP contribution in [0.5, 0.6) is 0 Å². The van der Waals surface area contributed by atoms with Crippen LogP contribution in [0.1, 0.15) is 12.0 Å². The SMILES string of the molecule is CN(CCC(=O)O)S(=O)(=O)c1ccc(Br)c(C(F)(F)F)c1. The molecule has 0 bridgehead atoms. The van der Waals surface area contributed by atoms with E-state index in [9.17, 15) is 26.4 Å². The number of carbonyl (C=O) groups is 1. The molecule has 0 aliphatic heterocycles. The van der Waals surface area contributed by atoms with Crippen molar-refractivity contribution in [3.8, 4) is 0 Å². The van der Waals surface area contributed by atoms with E-state index in [-0.39, 0.29) is 11.0 Å². The lowest BCUT2D eigenvalue weighted by Gasteiger charge is -2.17. The van der Waals surface area contributed by atoms with Crippen LogP contribution in [0.4, 0.5) is 13.2 Å². The van der Waals surface area contributed by atoms with Crippen molar-refractivity contribution in [1.82, 2.24) is 4.31 Å². The van der Waals surface area contributed by atoms with Crippen molar-refractivity contribution in [3.05, 3.63) is 28.2 Å². The Morgan fingerprint density at radius 1 is 1.38 bits per heavy atom. The van der Waals surface area contributed by atoms with E-state index in [0.717, 1.165) is 19.2 Å². The predicted octanol–water partition coefficient (Wildman–Crippen LogP) is 2.56. The largest absolute Gasteiger partial charge is 0.481 e. The Hall–Kier alpha value is -1.13. The van der Waals surface area contributed by atoms with Gasteiger partial charge in [0.25, 0.3) is 0 Å². The van der Waals surface area contributed by atoms with Gasteiger partial charge in [-0.2, -0.15) is 13.2 Å². The molecule has 0 atom stereocenters. The molecule has 1 N–H and O–H groups in total. The van der Waals surface area contributed by atoms with Gasteiger partial charge in [-0.15, -0.1) is 0 Å². The average Bonchev–Trinajstić information content (AvgIpc) is 2.34. The third kappa shape index (κ3) is 4.42. The van der Waals surface area contributed by atoms with Crippen molar-refractivity contribution in [2.24, 2.45) is 0 Å². The van der Waals surface area contributed by atoms with Gasteiger partial charge >= 0.3 is 12.1 Å². The van der Waals surface area contributed by atoms with E-state index in [4.69, 9.17) is 5.11 Å². The molecule has 0 saturated carbocycles. The summed E-state index contributed by atoms with van der Waals surface area (Å²) in [5, 5.41) is 8.51. The topological polar surface area (TPSA) is 74.7 Å². The van der Waals surface area contributed by atoms with E-state index < -0.39 is 39.0 Å². The lowest BCUT2D eigenvalue weighted by molar-refractivity contribution is -0.138. The van der Waals surface area contributed by atoms with E-state index in [1.165, 1.54) is 0 Å². The van der Waals surface area contributed by atoms with Crippen LogP contribution in [-0.2, 0) is 21.0 Å². The zero-order valence-corrected chi connectivity index (χ0v) is 13.1. The number of halogens is 4. The number of benzene rings is 1. The highest BCUT2D eigenvalue weighted by molar-refractivity contribution is 9.10. The molecule has 0 radical (unpaired) electrons. The van der Waals surface area contributed by atoms with Gasteiger partial charge in [0.2, 0.25) is 10.0 Å². The Morgan fingerprint density at radius 3 is 2.43 bits per heavy atom. The molecular weight excluding hydrogens is 379 g/mol. The Balaban J connectivity index is 3.18. The summed E-state index contributed by atoms with van der Waals surface area (Å²) in [5.41, 5.74) is -1.12. The standard InChI is InChI=1S/C11H11BrF3NO4S/c1-16(5-4-10(17)18)21(19,20)7-2-3-9(12)8(6-7)11(13,14)15/h2-3,6H,4-5H2,1H3,(H,17,18). The molecule has 0 saturated heterocycles. The fourth-order valence-electron chi connectivity index (χ4n) is 1.44. The monoisotopic (exact) mass is 389 g/mol. The third-order valence-electron chi connectivity index (χ3n) is 2.59. The maximum Gasteiger partial charge on any atom is 0.417 e. The van der Waals surface area contributed by atoms with E-state index in [2.05, 4.69) is 15.9 Å². The predicted molar refractivity (Wildman–Crippen MR) is 71.2 cm³/mol. The summed E-state index contributed by atoms with van der Waals surface area (Å²) >= 11 is 2.71. The van der Waals surface area contributed by atoms with E-state index in [1.54, 1.807) is 0 Å². The van der Waals surface area contributed by atoms with E-state index in [1.807, 2.05) is 0 Å². The number of alkyl halides is 3. The van der Waals surface area contributed by atoms with Crippen molar-refractivity contribution in [1.29, 1.82) is 0 Å². The molecule has 0 fully saturated rings. The highest BCUT2D eigenvalue weighted by Gasteiger charge is 2.34. The van der Waals surface area contributed by atoms with Crippen molar-refractivity contribution in [2.75, 3.05) is 13.6 Å². The van der Waals surface area contributed by atoms with Gasteiger partial charge in [-0.3, -0.25) is 4.79 Å². The molecule has 0 heterocycles. The molecule has 0 unspecified atom stereocenters. The Kier molecular flexibility index (Phi) is 5.40. The highest BCUT2D eigenvalue weighted by Crippen LogP contribution is 2.36. The first-order chi connectivity index (χ1) is 9.46. The average molecular weight is 390 g/mol. The van der Waals surface area contributed by atoms with Gasteiger partial charge in [-0.1, -0.05) is 15.9 Å². The number of rotatable bonds is 5. The van der Waals surface area contributed by atoms with Crippen LogP contribution in [0.25, 0.3) is 0 Å². The molecule has 0 aliphatic carbocycles. The highest BCUT2D eigenvalue weighted by atomic mass is 79.9. The summed E-state index contributed by atoms with van der Waals surface area (Å²) in [4.78, 5) is 9.87. The normalized spacial score (nSPS) is 12.7. The van der Waals surface area contributed by atoms with Crippen LogP contribution < -0.4 is 0 Å². The van der Waals surface area contributed by atoms with Crippen molar-refractivity contribution in [3.63, 3.8) is 0 Å². The quantitative estimate of drug-likeness (QED) is 0.839. The summed E-state index contributed by atoms with van der Waals surface area (Å²) in [6, 6.07) is 2.52. The summed E-state index contributed by atoms with van der Waals surface area (Å²) in [5.74, 6) is -1.20. The Morgan fingerprint density at radius 2 is 1.95 bits per heavy atom. The van der Waals surface area contributed by atoms with Gasteiger partial charge in [0.15, 0.2) is 0 Å². The van der Waals surface area contributed by atoms with Crippen LogP contribution in [0.2, 0.25) is 0 Å². The van der Waals surface area contributed by atoms with Crippen LogP contribution in [0, 0.1) is 0 Å². The first-order valence-electron chi connectivity index (χ1n) is 5.51. The fraction of sp³-hybridized carbons (Fsp3) is 0.364. The number of nitrogens with zero attached hydrogens (tertiary/aromatic N) is 1. The van der Waals surface area contributed by atoms with E-state index in [0.29, 0.717) is 10.4 Å². The molecule has 0 aromatic heterocycles. The lowest BCUT2D eigenvalue weighted by atomic mass is 10.2. The summed E-state index contributed by atoms with van der Waals surface area (Å²) in [6.45, 7) is -0.338. The summed E-state index contributed by atoms with van der Waals surface area (Å²) < 4.78 is 62.9. The summed E-state index contributed by atoms with van der Waals surface area (Å²) in [7, 11) is -3.08. The maximum absolute atomic E-state index is 12.8. The number of hydrogen-bond donors (Lipinski definition) is 1. The molecule has 21 heavy (non-hydrogen) atoms. The minimum Gasteiger partial charge on any atom is -0.481 e. The number of hydrogen-bond acceptors (Lipinski definition) is 3. The number of sulfonamides is 1. The molecule has 1 aromatic carbocycles. The minimum atomic E-state index is -4.70. The second-order valence-electron chi connectivity index (χ2n) is 4.11. The molecule has 0 amide bonds. The third-order valence-corrected chi connectivity index (χ3v) is 5.14. The first-order valence-corrected chi connectivity index (χ1v) is 7.74. The molecule has 10 heteroatoms. The molecular formula is C11H11BrF3NO4S. The second-order valence-corrected chi connectivity index (χ2v) is 7.01. The number of carboxylic acid groups (broad SMARTS) is 1. The zero-order valence-electron chi connectivity index (χ0n) is 10.7. The van der Waals surface area contributed by atoms with Gasteiger partial charge in [0, 0.05) is 18.1 Å². The van der Waals surface area contributed by atoms with Crippen molar-refractivity contribution < 1.29 is 31.5 Å². The zero-order chi connectivity index (χ0) is 16.4. The number of carboxylic acids is 1. The van der Waals surface area contributed by atoms with Crippen LogP contribution in [0.3, 0.4) is 0 Å². The minimum absolute atomic E-state index is 0.276. The van der Waals surface area contributed by atoms with Crippen molar-refractivity contribution >= 4 is 31.9 Å². The van der Waals surface area contributed by atoms with Gasteiger partial charge < -0.3 is 5.11 Å².